The topological polar surface area (TPSA) is 48.7 Å². The van der Waals surface area contributed by atoms with E-state index in [-0.39, 0.29) is 5.63 Å². The molecule has 0 saturated heterocycles. The minimum absolute atomic E-state index is 0.345. The van der Waals surface area contributed by atoms with E-state index in [2.05, 4.69) is 6.92 Å². The second-order valence-electron chi connectivity index (χ2n) is 5.43. The fraction of sp³-hybridized carbons (Fsp3) is 0.316. The van der Waals surface area contributed by atoms with E-state index >= 15 is 0 Å². The fourth-order valence-corrected chi connectivity index (χ4v) is 2.57. The summed E-state index contributed by atoms with van der Waals surface area (Å²) in [5.41, 5.74) is 0.149. The SMILES string of the molecule is CCCOc1cc(OCCC)c2c(c1)oc(=O)c1ccccc12. The molecule has 0 radical (unpaired) electrons. The fourth-order valence-electron chi connectivity index (χ4n) is 2.57. The minimum Gasteiger partial charge on any atom is -0.493 e. The molecule has 1 aromatic heterocycles. The van der Waals surface area contributed by atoms with Crippen molar-refractivity contribution in [1.29, 1.82) is 0 Å². The van der Waals surface area contributed by atoms with E-state index in [1.165, 1.54) is 0 Å². The first kappa shape index (κ1) is 15.4. The molecule has 0 saturated carbocycles. The highest BCUT2D eigenvalue weighted by atomic mass is 16.5. The smallest absolute Gasteiger partial charge is 0.344 e. The molecule has 0 aliphatic carbocycles. The normalized spacial score (nSPS) is 11.0. The molecule has 120 valence electrons. The number of benzene rings is 2. The number of ether oxygens (including phenoxy) is 2. The van der Waals surface area contributed by atoms with Crippen molar-refractivity contribution in [1.82, 2.24) is 0 Å². The van der Waals surface area contributed by atoms with Gasteiger partial charge in [0.15, 0.2) is 0 Å². The van der Waals surface area contributed by atoms with Crippen molar-refractivity contribution in [3.8, 4) is 11.5 Å². The van der Waals surface area contributed by atoms with Crippen LogP contribution in [0, 0.1) is 0 Å². The van der Waals surface area contributed by atoms with Crippen molar-refractivity contribution in [3.05, 3.63) is 46.8 Å². The lowest BCUT2D eigenvalue weighted by Gasteiger charge is -2.13. The zero-order valence-corrected chi connectivity index (χ0v) is 13.4. The van der Waals surface area contributed by atoms with Crippen LogP contribution in [0.15, 0.2) is 45.6 Å². The molecule has 0 N–H and O–H groups in total. The number of hydrogen-bond acceptors (Lipinski definition) is 4. The first-order valence-corrected chi connectivity index (χ1v) is 7.99. The molecule has 1 heterocycles. The minimum atomic E-state index is -0.345. The molecule has 4 heteroatoms. The van der Waals surface area contributed by atoms with E-state index in [0.717, 1.165) is 23.6 Å². The lowest BCUT2D eigenvalue weighted by molar-refractivity contribution is 0.303. The van der Waals surface area contributed by atoms with Gasteiger partial charge in [0.05, 0.1) is 24.0 Å². The maximum atomic E-state index is 12.2. The molecular formula is C19H20O4. The number of hydrogen-bond donors (Lipinski definition) is 0. The molecule has 0 spiro atoms. The van der Waals surface area contributed by atoms with Crippen LogP contribution in [0.3, 0.4) is 0 Å². The highest BCUT2D eigenvalue weighted by molar-refractivity contribution is 6.07. The van der Waals surface area contributed by atoms with Crippen LogP contribution >= 0.6 is 0 Å². The van der Waals surface area contributed by atoms with Gasteiger partial charge in [-0.05, 0) is 18.9 Å². The van der Waals surface area contributed by atoms with Crippen LogP contribution < -0.4 is 15.1 Å². The third kappa shape index (κ3) is 3.02. The lowest BCUT2D eigenvalue weighted by Crippen LogP contribution is -2.03. The highest BCUT2D eigenvalue weighted by Gasteiger charge is 2.14. The van der Waals surface area contributed by atoms with E-state index in [0.29, 0.717) is 35.7 Å². The Balaban J connectivity index is 2.28. The zero-order valence-electron chi connectivity index (χ0n) is 13.4. The Morgan fingerprint density at radius 1 is 0.957 bits per heavy atom. The average Bonchev–Trinajstić information content (AvgIpc) is 2.57. The molecule has 0 aliphatic heterocycles. The molecule has 3 rings (SSSR count). The van der Waals surface area contributed by atoms with Gasteiger partial charge in [0.2, 0.25) is 0 Å². The first-order chi connectivity index (χ1) is 11.2. The predicted octanol–water partition coefficient (Wildman–Crippen LogP) is 4.52. The lowest BCUT2D eigenvalue weighted by atomic mass is 10.1. The van der Waals surface area contributed by atoms with Crippen LogP contribution in [0.4, 0.5) is 0 Å². The maximum absolute atomic E-state index is 12.2. The van der Waals surface area contributed by atoms with Crippen molar-refractivity contribution in [2.24, 2.45) is 0 Å². The summed E-state index contributed by atoms with van der Waals surface area (Å²) in [5.74, 6) is 1.35. The monoisotopic (exact) mass is 312 g/mol. The van der Waals surface area contributed by atoms with E-state index < -0.39 is 0 Å². The molecule has 0 atom stereocenters. The third-order valence-electron chi connectivity index (χ3n) is 3.59. The van der Waals surface area contributed by atoms with Gasteiger partial charge in [-0.15, -0.1) is 0 Å². The summed E-state index contributed by atoms with van der Waals surface area (Å²) in [5, 5.41) is 2.22. The first-order valence-electron chi connectivity index (χ1n) is 7.99. The molecule has 2 aromatic carbocycles. The molecule has 3 aromatic rings. The van der Waals surface area contributed by atoms with Gasteiger partial charge in [-0.1, -0.05) is 32.0 Å². The molecule has 0 fully saturated rings. The Hall–Kier alpha value is -2.49. The largest absolute Gasteiger partial charge is 0.493 e. The van der Waals surface area contributed by atoms with Crippen molar-refractivity contribution >= 4 is 21.7 Å². The second kappa shape index (κ2) is 6.73. The van der Waals surface area contributed by atoms with E-state index in [1.807, 2.05) is 31.2 Å². The van der Waals surface area contributed by atoms with Gasteiger partial charge in [-0.25, -0.2) is 4.79 Å². The van der Waals surface area contributed by atoms with Crippen molar-refractivity contribution in [2.45, 2.75) is 26.7 Å². The van der Waals surface area contributed by atoms with E-state index in [1.54, 1.807) is 12.1 Å². The molecule has 0 bridgehead atoms. The van der Waals surface area contributed by atoms with Gasteiger partial charge in [0.1, 0.15) is 17.1 Å². The van der Waals surface area contributed by atoms with Gasteiger partial charge >= 0.3 is 5.63 Å². The third-order valence-corrected chi connectivity index (χ3v) is 3.59. The van der Waals surface area contributed by atoms with E-state index in [9.17, 15) is 4.79 Å². The Morgan fingerprint density at radius 2 is 1.65 bits per heavy atom. The Kier molecular flexibility index (Phi) is 4.51. The van der Waals surface area contributed by atoms with Gasteiger partial charge < -0.3 is 13.9 Å². The molecule has 0 unspecified atom stereocenters. The van der Waals surface area contributed by atoms with Crippen molar-refractivity contribution < 1.29 is 13.9 Å². The molecule has 4 nitrogen and oxygen atoms in total. The van der Waals surface area contributed by atoms with Gasteiger partial charge in [-0.2, -0.15) is 0 Å². The van der Waals surface area contributed by atoms with Crippen LogP contribution in [0.1, 0.15) is 26.7 Å². The summed E-state index contributed by atoms with van der Waals surface area (Å²) >= 11 is 0. The molecule has 0 amide bonds. The van der Waals surface area contributed by atoms with Crippen LogP contribution in [0.2, 0.25) is 0 Å². The highest BCUT2D eigenvalue weighted by Crippen LogP contribution is 2.35. The quantitative estimate of drug-likeness (QED) is 0.496. The Morgan fingerprint density at radius 3 is 2.39 bits per heavy atom. The summed E-state index contributed by atoms with van der Waals surface area (Å²) in [4.78, 5) is 12.2. The summed E-state index contributed by atoms with van der Waals surface area (Å²) in [7, 11) is 0. The number of rotatable bonds is 6. The summed E-state index contributed by atoms with van der Waals surface area (Å²) < 4.78 is 17.1. The van der Waals surface area contributed by atoms with Crippen molar-refractivity contribution in [3.63, 3.8) is 0 Å². The predicted molar refractivity (Wildman–Crippen MR) is 91.6 cm³/mol. The van der Waals surface area contributed by atoms with Crippen LogP contribution in [-0.4, -0.2) is 13.2 Å². The van der Waals surface area contributed by atoms with Crippen LogP contribution in [-0.2, 0) is 0 Å². The second-order valence-corrected chi connectivity index (χ2v) is 5.43. The van der Waals surface area contributed by atoms with Gasteiger partial charge in [0.25, 0.3) is 0 Å². The standard InChI is InChI=1S/C19H20O4/c1-3-9-21-13-11-16(22-10-4-2)18-14-7-5-6-8-15(14)19(20)23-17(18)12-13/h5-8,11-12H,3-4,9-10H2,1-2H3. The summed E-state index contributed by atoms with van der Waals surface area (Å²) in [6, 6.07) is 11.1. The number of fused-ring (bicyclic) bond motifs is 3. The zero-order chi connectivity index (χ0) is 16.2. The average molecular weight is 312 g/mol. The van der Waals surface area contributed by atoms with E-state index in [4.69, 9.17) is 13.9 Å². The van der Waals surface area contributed by atoms with Crippen molar-refractivity contribution in [2.75, 3.05) is 13.2 Å². The Labute approximate surface area is 134 Å². The van der Waals surface area contributed by atoms with Gasteiger partial charge in [0, 0.05) is 17.5 Å². The Bertz CT molecular complexity index is 880. The molecule has 23 heavy (non-hydrogen) atoms. The molecule has 0 aliphatic rings. The summed E-state index contributed by atoms with van der Waals surface area (Å²) in [6.07, 6.45) is 1.81. The molecular weight excluding hydrogens is 292 g/mol. The summed E-state index contributed by atoms with van der Waals surface area (Å²) in [6.45, 7) is 5.30. The maximum Gasteiger partial charge on any atom is 0.344 e. The van der Waals surface area contributed by atoms with Crippen LogP contribution in [0.25, 0.3) is 21.7 Å². The van der Waals surface area contributed by atoms with Crippen LogP contribution in [0.5, 0.6) is 11.5 Å². The van der Waals surface area contributed by atoms with Gasteiger partial charge in [-0.3, -0.25) is 0 Å².